The number of halogens is 1. The summed E-state index contributed by atoms with van der Waals surface area (Å²) in [5, 5.41) is 12.9. The standard InChI is InChI=1S/C15H24FNO3/c1-19-10-6-2-5-9-17-11-13(18)12-20-15-8-4-3-7-14(15)16/h3-4,7-8,13,17-18H,2,5-6,9-12H2,1H3. The molecule has 1 aromatic carbocycles. The molecular formula is C15H24FNO3. The van der Waals surface area contributed by atoms with Gasteiger partial charge in [-0.1, -0.05) is 12.1 Å². The minimum Gasteiger partial charge on any atom is -0.488 e. The molecule has 0 saturated heterocycles. The average molecular weight is 285 g/mol. The van der Waals surface area contributed by atoms with Crippen LogP contribution in [0.15, 0.2) is 24.3 Å². The number of ether oxygens (including phenoxy) is 2. The van der Waals surface area contributed by atoms with Crippen LogP contribution in [0.3, 0.4) is 0 Å². The summed E-state index contributed by atoms with van der Waals surface area (Å²) in [7, 11) is 1.70. The Bertz CT molecular complexity index is 363. The maximum atomic E-state index is 13.3. The molecule has 0 saturated carbocycles. The van der Waals surface area contributed by atoms with E-state index in [1.165, 1.54) is 6.07 Å². The van der Waals surface area contributed by atoms with Gasteiger partial charge in [-0.15, -0.1) is 0 Å². The molecule has 1 atom stereocenters. The zero-order valence-corrected chi connectivity index (χ0v) is 12.0. The number of hydrogen-bond donors (Lipinski definition) is 2. The van der Waals surface area contributed by atoms with E-state index in [1.54, 1.807) is 25.3 Å². The largest absolute Gasteiger partial charge is 0.488 e. The van der Waals surface area contributed by atoms with Crippen LogP contribution in [0.4, 0.5) is 4.39 Å². The van der Waals surface area contributed by atoms with Crippen molar-refractivity contribution >= 4 is 0 Å². The summed E-state index contributed by atoms with van der Waals surface area (Å²) < 4.78 is 23.5. The quantitative estimate of drug-likeness (QED) is 0.610. The maximum absolute atomic E-state index is 13.3. The summed E-state index contributed by atoms with van der Waals surface area (Å²) in [4.78, 5) is 0. The van der Waals surface area contributed by atoms with E-state index in [9.17, 15) is 9.50 Å². The third-order valence-electron chi connectivity index (χ3n) is 2.85. The molecule has 1 unspecified atom stereocenters. The van der Waals surface area contributed by atoms with Crippen molar-refractivity contribution in [1.29, 1.82) is 0 Å². The number of unbranched alkanes of at least 4 members (excludes halogenated alkanes) is 2. The van der Waals surface area contributed by atoms with Crippen LogP contribution in [0, 0.1) is 5.82 Å². The molecule has 0 aliphatic heterocycles. The summed E-state index contributed by atoms with van der Waals surface area (Å²) in [5.41, 5.74) is 0. The van der Waals surface area contributed by atoms with Crippen LogP contribution in [-0.4, -0.2) is 44.6 Å². The first-order chi connectivity index (χ1) is 9.74. The number of hydrogen-bond acceptors (Lipinski definition) is 4. The fourth-order valence-corrected chi connectivity index (χ4v) is 1.75. The van der Waals surface area contributed by atoms with Gasteiger partial charge in [0.05, 0.1) is 0 Å². The van der Waals surface area contributed by atoms with Gasteiger partial charge in [0.2, 0.25) is 0 Å². The molecule has 0 aromatic heterocycles. The molecular weight excluding hydrogens is 261 g/mol. The van der Waals surface area contributed by atoms with E-state index in [1.807, 2.05) is 0 Å². The highest BCUT2D eigenvalue weighted by Gasteiger charge is 2.07. The van der Waals surface area contributed by atoms with E-state index >= 15 is 0 Å². The van der Waals surface area contributed by atoms with E-state index < -0.39 is 11.9 Å². The Kier molecular flexibility index (Phi) is 8.95. The molecule has 5 heteroatoms. The summed E-state index contributed by atoms with van der Waals surface area (Å²) >= 11 is 0. The van der Waals surface area contributed by atoms with Crippen LogP contribution in [-0.2, 0) is 4.74 Å². The molecule has 4 nitrogen and oxygen atoms in total. The summed E-state index contributed by atoms with van der Waals surface area (Å²) in [6.07, 6.45) is 2.55. The lowest BCUT2D eigenvalue weighted by Gasteiger charge is -2.13. The third-order valence-corrected chi connectivity index (χ3v) is 2.85. The second-order valence-electron chi connectivity index (χ2n) is 4.65. The molecule has 0 amide bonds. The van der Waals surface area contributed by atoms with E-state index in [-0.39, 0.29) is 12.4 Å². The number of methoxy groups -OCH3 is 1. The number of para-hydroxylation sites is 1. The lowest BCUT2D eigenvalue weighted by atomic mass is 10.2. The van der Waals surface area contributed by atoms with Gasteiger partial charge in [-0.25, -0.2) is 4.39 Å². The van der Waals surface area contributed by atoms with Gasteiger partial charge in [0.15, 0.2) is 11.6 Å². The van der Waals surface area contributed by atoms with Gasteiger partial charge in [0, 0.05) is 20.3 Å². The van der Waals surface area contributed by atoms with Gasteiger partial charge in [-0.05, 0) is 37.9 Å². The molecule has 0 fully saturated rings. The predicted molar refractivity (Wildman–Crippen MR) is 76.5 cm³/mol. The van der Waals surface area contributed by atoms with E-state index in [2.05, 4.69) is 5.32 Å². The van der Waals surface area contributed by atoms with Crippen LogP contribution < -0.4 is 10.1 Å². The Morgan fingerprint density at radius 1 is 1.25 bits per heavy atom. The Balaban J connectivity index is 2.03. The molecule has 0 aliphatic carbocycles. The summed E-state index contributed by atoms with van der Waals surface area (Å²) in [5.74, 6) is -0.239. The number of nitrogens with one attached hydrogen (secondary N) is 1. The zero-order valence-electron chi connectivity index (χ0n) is 12.0. The number of aliphatic hydroxyl groups is 1. The zero-order chi connectivity index (χ0) is 14.6. The molecule has 20 heavy (non-hydrogen) atoms. The number of benzene rings is 1. The highest BCUT2D eigenvalue weighted by atomic mass is 19.1. The average Bonchev–Trinajstić information content (AvgIpc) is 2.45. The van der Waals surface area contributed by atoms with E-state index in [0.717, 1.165) is 32.4 Å². The highest BCUT2D eigenvalue weighted by molar-refractivity contribution is 5.23. The Hall–Kier alpha value is -1.17. The Morgan fingerprint density at radius 3 is 2.80 bits per heavy atom. The molecule has 1 aromatic rings. The monoisotopic (exact) mass is 285 g/mol. The molecule has 0 aliphatic rings. The topological polar surface area (TPSA) is 50.7 Å². The normalized spacial score (nSPS) is 12.3. The molecule has 114 valence electrons. The van der Waals surface area contributed by atoms with Gasteiger partial charge >= 0.3 is 0 Å². The van der Waals surface area contributed by atoms with Crippen LogP contribution in [0.5, 0.6) is 5.75 Å². The Labute approximate surface area is 119 Å². The first kappa shape index (κ1) is 16.9. The van der Waals surface area contributed by atoms with Gasteiger partial charge < -0.3 is 19.9 Å². The van der Waals surface area contributed by atoms with Crippen molar-refractivity contribution in [1.82, 2.24) is 5.32 Å². The first-order valence-electron chi connectivity index (χ1n) is 6.99. The van der Waals surface area contributed by atoms with Crippen LogP contribution in [0.1, 0.15) is 19.3 Å². The van der Waals surface area contributed by atoms with Gasteiger partial charge in [-0.2, -0.15) is 0 Å². The van der Waals surface area contributed by atoms with Crippen molar-refractivity contribution in [3.63, 3.8) is 0 Å². The van der Waals surface area contributed by atoms with Crippen LogP contribution in [0.2, 0.25) is 0 Å². The van der Waals surface area contributed by atoms with Crippen molar-refractivity contribution < 1.29 is 19.0 Å². The van der Waals surface area contributed by atoms with Crippen LogP contribution >= 0.6 is 0 Å². The van der Waals surface area contributed by atoms with Crippen molar-refractivity contribution in [3.8, 4) is 5.75 Å². The van der Waals surface area contributed by atoms with Crippen LogP contribution in [0.25, 0.3) is 0 Å². The van der Waals surface area contributed by atoms with Crippen molar-refractivity contribution in [3.05, 3.63) is 30.1 Å². The van der Waals surface area contributed by atoms with Crippen molar-refractivity contribution in [2.75, 3.05) is 33.4 Å². The van der Waals surface area contributed by atoms with E-state index in [4.69, 9.17) is 9.47 Å². The lowest BCUT2D eigenvalue weighted by molar-refractivity contribution is 0.104. The van der Waals surface area contributed by atoms with Crippen molar-refractivity contribution in [2.45, 2.75) is 25.4 Å². The summed E-state index contributed by atoms with van der Waals surface area (Å²) in [6.45, 7) is 2.16. The smallest absolute Gasteiger partial charge is 0.165 e. The molecule has 0 bridgehead atoms. The molecule has 1 rings (SSSR count). The molecule has 0 spiro atoms. The predicted octanol–water partition coefficient (Wildman–Crippen LogP) is 1.97. The lowest BCUT2D eigenvalue weighted by Crippen LogP contribution is -2.32. The SMILES string of the molecule is COCCCCCNCC(O)COc1ccccc1F. The number of rotatable bonds is 11. The minimum atomic E-state index is -0.645. The fraction of sp³-hybridized carbons (Fsp3) is 0.600. The van der Waals surface area contributed by atoms with E-state index in [0.29, 0.717) is 6.54 Å². The van der Waals surface area contributed by atoms with Gasteiger partial charge in [-0.3, -0.25) is 0 Å². The second-order valence-corrected chi connectivity index (χ2v) is 4.65. The second kappa shape index (κ2) is 10.6. The van der Waals surface area contributed by atoms with Crippen molar-refractivity contribution in [2.24, 2.45) is 0 Å². The fourth-order valence-electron chi connectivity index (χ4n) is 1.75. The van der Waals surface area contributed by atoms with Gasteiger partial charge in [0.1, 0.15) is 12.7 Å². The maximum Gasteiger partial charge on any atom is 0.165 e. The van der Waals surface area contributed by atoms with Gasteiger partial charge in [0.25, 0.3) is 0 Å². The Morgan fingerprint density at radius 2 is 2.05 bits per heavy atom. The summed E-state index contributed by atoms with van der Waals surface area (Å²) in [6, 6.07) is 6.18. The molecule has 0 heterocycles. The molecule has 2 N–H and O–H groups in total. The third kappa shape index (κ3) is 7.43. The highest BCUT2D eigenvalue weighted by Crippen LogP contribution is 2.15. The minimum absolute atomic E-state index is 0.0810. The molecule has 0 radical (unpaired) electrons. The first-order valence-corrected chi connectivity index (χ1v) is 6.99. The number of aliphatic hydroxyl groups excluding tert-OH is 1.